The van der Waals surface area contributed by atoms with Crippen LogP contribution >= 0.6 is 23.4 Å². The molecule has 1 unspecified atom stereocenters. The van der Waals surface area contributed by atoms with E-state index in [4.69, 9.17) is 11.6 Å². The Labute approximate surface area is 138 Å². The summed E-state index contributed by atoms with van der Waals surface area (Å²) in [5, 5.41) is 4.89. The van der Waals surface area contributed by atoms with Gasteiger partial charge in [0.15, 0.2) is 0 Å². The number of halogens is 4. The number of hydrogen-bond acceptors (Lipinski definition) is 5. The fourth-order valence-corrected chi connectivity index (χ4v) is 2.62. The third-order valence-corrected chi connectivity index (χ3v) is 4.05. The Morgan fingerprint density at radius 3 is 2.83 bits per heavy atom. The quantitative estimate of drug-likeness (QED) is 0.648. The molecule has 2 amide bonds. The van der Waals surface area contributed by atoms with Gasteiger partial charge in [-0.15, -0.1) is 11.8 Å². The van der Waals surface area contributed by atoms with Crippen LogP contribution in [-0.4, -0.2) is 29.6 Å². The second-order valence-electron chi connectivity index (χ2n) is 4.50. The van der Waals surface area contributed by atoms with Crippen LogP contribution in [0.5, 0.6) is 0 Å². The summed E-state index contributed by atoms with van der Waals surface area (Å²) in [4.78, 5) is 23.0. The summed E-state index contributed by atoms with van der Waals surface area (Å²) >= 11 is 6.85. The molecule has 0 bridgehead atoms. The van der Waals surface area contributed by atoms with Crippen molar-refractivity contribution >= 4 is 40.9 Å². The van der Waals surface area contributed by atoms with E-state index in [9.17, 15) is 22.8 Å². The van der Waals surface area contributed by atoms with Crippen LogP contribution in [0.2, 0.25) is 5.02 Å². The van der Waals surface area contributed by atoms with Gasteiger partial charge in [0, 0.05) is 0 Å². The van der Waals surface area contributed by atoms with Crippen molar-refractivity contribution in [3.05, 3.63) is 28.8 Å². The second-order valence-corrected chi connectivity index (χ2v) is 6.00. The van der Waals surface area contributed by atoms with Gasteiger partial charge < -0.3 is 10.6 Å². The van der Waals surface area contributed by atoms with Gasteiger partial charge in [0.2, 0.25) is 11.8 Å². The molecule has 1 aliphatic heterocycles. The molecule has 0 aliphatic carbocycles. The van der Waals surface area contributed by atoms with Crippen molar-refractivity contribution in [2.24, 2.45) is 0 Å². The first-order chi connectivity index (χ1) is 10.8. The fourth-order valence-electron chi connectivity index (χ4n) is 1.68. The predicted octanol–water partition coefficient (Wildman–Crippen LogP) is 1.54. The highest BCUT2D eigenvalue weighted by Gasteiger charge is 2.31. The summed E-state index contributed by atoms with van der Waals surface area (Å²) in [5.74, 6) is -0.868. The molecule has 1 saturated heterocycles. The van der Waals surface area contributed by atoms with E-state index in [1.165, 1.54) is 0 Å². The average Bonchev–Trinajstić information content (AvgIpc) is 2.46. The summed E-state index contributed by atoms with van der Waals surface area (Å²) in [6.07, 6.45) is -4.53. The topological polar surface area (TPSA) is 82.3 Å². The van der Waals surface area contributed by atoms with E-state index in [1.54, 1.807) is 0 Å². The fraction of sp³-hybridized carbons (Fsp3) is 0.333. The first-order valence-electron chi connectivity index (χ1n) is 6.31. The molecule has 1 aromatic carbocycles. The highest BCUT2D eigenvalue weighted by molar-refractivity contribution is 8.00. The molecule has 1 heterocycles. The minimum absolute atomic E-state index is 0.00195. The number of hydrogen-bond donors (Lipinski definition) is 4. The lowest BCUT2D eigenvalue weighted by Crippen LogP contribution is -2.58. The van der Waals surface area contributed by atoms with Crippen LogP contribution in [0.15, 0.2) is 18.2 Å². The van der Waals surface area contributed by atoms with E-state index < -0.39 is 23.1 Å². The van der Waals surface area contributed by atoms with Crippen molar-refractivity contribution in [1.29, 1.82) is 0 Å². The molecule has 23 heavy (non-hydrogen) atoms. The monoisotopic (exact) mass is 368 g/mol. The zero-order chi connectivity index (χ0) is 17.0. The molecule has 4 N–H and O–H groups in total. The number of amides is 2. The van der Waals surface area contributed by atoms with E-state index in [2.05, 4.69) is 21.5 Å². The first kappa shape index (κ1) is 17.9. The first-order valence-corrected chi connectivity index (χ1v) is 7.74. The number of anilines is 1. The van der Waals surface area contributed by atoms with Gasteiger partial charge in [-0.1, -0.05) is 11.6 Å². The SMILES string of the molecule is O=C(CSC1NNCC(=O)N1)Nc1cc(C(F)(F)F)ccc1Cl. The Morgan fingerprint density at radius 1 is 1.43 bits per heavy atom. The van der Waals surface area contributed by atoms with Crippen molar-refractivity contribution in [3.63, 3.8) is 0 Å². The van der Waals surface area contributed by atoms with Crippen LogP contribution in [0.25, 0.3) is 0 Å². The van der Waals surface area contributed by atoms with Crippen LogP contribution in [0, 0.1) is 0 Å². The van der Waals surface area contributed by atoms with Crippen molar-refractivity contribution in [1.82, 2.24) is 16.2 Å². The maximum absolute atomic E-state index is 12.6. The van der Waals surface area contributed by atoms with Crippen LogP contribution in [0.3, 0.4) is 0 Å². The molecule has 0 aromatic heterocycles. The average molecular weight is 369 g/mol. The smallest absolute Gasteiger partial charge is 0.330 e. The summed E-state index contributed by atoms with van der Waals surface area (Å²) in [7, 11) is 0. The Balaban J connectivity index is 1.93. The number of benzene rings is 1. The molecule has 0 radical (unpaired) electrons. The number of hydrazine groups is 1. The van der Waals surface area contributed by atoms with E-state index in [0.29, 0.717) is 0 Å². The summed E-state index contributed by atoms with van der Waals surface area (Å²) < 4.78 is 37.9. The van der Waals surface area contributed by atoms with Crippen molar-refractivity contribution < 1.29 is 22.8 Å². The number of rotatable bonds is 4. The number of nitrogens with one attached hydrogen (secondary N) is 4. The van der Waals surface area contributed by atoms with Gasteiger partial charge in [0.05, 0.1) is 28.6 Å². The van der Waals surface area contributed by atoms with Crippen LogP contribution in [-0.2, 0) is 15.8 Å². The highest BCUT2D eigenvalue weighted by atomic mass is 35.5. The largest absolute Gasteiger partial charge is 0.416 e. The second kappa shape index (κ2) is 7.39. The summed E-state index contributed by atoms with van der Waals surface area (Å²) in [5.41, 5.74) is 3.82. The molecule has 1 fully saturated rings. The zero-order valence-electron chi connectivity index (χ0n) is 11.5. The van der Waals surface area contributed by atoms with Gasteiger partial charge in [0.1, 0.15) is 5.50 Å². The molecule has 1 aromatic rings. The van der Waals surface area contributed by atoms with Gasteiger partial charge in [-0.05, 0) is 18.2 Å². The molecular weight excluding hydrogens is 357 g/mol. The number of thioether (sulfide) groups is 1. The maximum atomic E-state index is 12.6. The third-order valence-electron chi connectivity index (χ3n) is 2.72. The predicted molar refractivity (Wildman–Crippen MR) is 80.6 cm³/mol. The summed E-state index contributed by atoms with van der Waals surface area (Å²) in [6.45, 7) is 0.114. The van der Waals surface area contributed by atoms with E-state index in [-0.39, 0.29) is 28.9 Å². The van der Waals surface area contributed by atoms with E-state index in [1.807, 2.05) is 0 Å². The highest BCUT2D eigenvalue weighted by Crippen LogP contribution is 2.33. The normalized spacial score (nSPS) is 18.4. The van der Waals surface area contributed by atoms with Gasteiger partial charge in [0.25, 0.3) is 0 Å². The minimum atomic E-state index is -4.53. The Bertz CT molecular complexity index is 614. The molecular formula is C12H12ClF3N4O2S. The molecule has 6 nitrogen and oxygen atoms in total. The number of carbonyl (C=O) groups is 2. The Morgan fingerprint density at radius 2 is 2.17 bits per heavy atom. The van der Waals surface area contributed by atoms with Crippen LogP contribution in [0.1, 0.15) is 5.56 Å². The number of carbonyl (C=O) groups excluding carboxylic acids is 2. The number of alkyl halides is 3. The van der Waals surface area contributed by atoms with Crippen molar-refractivity contribution in [2.75, 3.05) is 17.6 Å². The lowest BCUT2D eigenvalue weighted by Gasteiger charge is -2.24. The molecule has 1 aliphatic rings. The Kier molecular flexibility index (Phi) is 5.74. The molecule has 2 rings (SSSR count). The lowest BCUT2D eigenvalue weighted by molar-refractivity contribution is -0.137. The van der Waals surface area contributed by atoms with E-state index in [0.717, 1.165) is 30.0 Å². The molecule has 1 atom stereocenters. The van der Waals surface area contributed by atoms with Crippen LogP contribution < -0.4 is 21.5 Å². The van der Waals surface area contributed by atoms with Gasteiger partial charge in [-0.25, -0.2) is 10.9 Å². The Hall–Kier alpha value is -1.49. The lowest BCUT2D eigenvalue weighted by atomic mass is 10.2. The zero-order valence-corrected chi connectivity index (χ0v) is 13.0. The summed E-state index contributed by atoms with van der Waals surface area (Å²) in [6, 6.07) is 2.67. The minimum Gasteiger partial charge on any atom is -0.330 e. The molecule has 126 valence electrons. The van der Waals surface area contributed by atoms with Gasteiger partial charge in [-0.3, -0.25) is 9.59 Å². The van der Waals surface area contributed by atoms with Crippen molar-refractivity contribution in [3.8, 4) is 0 Å². The van der Waals surface area contributed by atoms with Crippen molar-refractivity contribution in [2.45, 2.75) is 11.7 Å². The van der Waals surface area contributed by atoms with E-state index >= 15 is 0 Å². The van der Waals surface area contributed by atoms with Gasteiger partial charge >= 0.3 is 6.18 Å². The third kappa shape index (κ3) is 5.27. The maximum Gasteiger partial charge on any atom is 0.416 e. The van der Waals surface area contributed by atoms with Crippen LogP contribution in [0.4, 0.5) is 18.9 Å². The standard InChI is InChI=1S/C12H12ClF3N4O2S/c13-7-2-1-6(12(14,15)16)3-8(7)18-10(22)5-23-11-19-9(21)4-17-20-11/h1-3,11,17,20H,4-5H2,(H,18,22)(H,19,21). The molecule has 0 spiro atoms. The molecule has 0 saturated carbocycles. The molecule has 11 heteroatoms. The van der Waals surface area contributed by atoms with Gasteiger partial charge in [-0.2, -0.15) is 13.2 Å².